The maximum absolute atomic E-state index is 12.0. The first-order valence-electron chi connectivity index (χ1n) is 9.28. The lowest BCUT2D eigenvalue weighted by atomic mass is 10.2. The number of nitrogens with one attached hydrogen (secondary N) is 2. The lowest BCUT2D eigenvalue weighted by molar-refractivity contribution is -0.384. The van der Waals surface area contributed by atoms with Crippen molar-refractivity contribution in [3.8, 4) is 5.75 Å². The highest BCUT2D eigenvalue weighted by molar-refractivity contribution is 14.1. The number of nitro groups is 1. The zero-order chi connectivity index (χ0) is 22.1. The van der Waals surface area contributed by atoms with Crippen LogP contribution in [0.3, 0.4) is 0 Å². The van der Waals surface area contributed by atoms with E-state index in [4.69, 9.17) is 4.74 Å². The molecule has 0 spiro atoms. The Morgan fingerprint density at radius 1 is 1.06 bits per heavy atom. The van der Waals surface area contributed by atoms with Gasteiger partial charge in [0.1, 0.15) is 12.4 Å². The molecule has 0 aromatic heterocycles. The van der Waals surface area contributed by atoms with Gasteiger partial charge in [-0.2, -0.15) is 5.10 Å². The van der Waals surface area contributed by atoms with Crippen molar-refractivity contribution in [2.24, 2.45) is 5.10 Å². The third-order valence-electron chi connectivity index (χ3n) is 4.15. The fraction of sp³-hybridized carbons (Fsp3) is 0.0909. The number of hydrazone groups is 1. The van der Waals surface area contributed by atoms with E-state index in [1.807, 2.05) is 42.5 Å². The van der Waals surface area contributed by atoms with Crippen LogP contribution >= 0.6 is 22.6 Å². The van der Waals surface area contributed by atoms with Crippen molar-refractivity contribution < 1.29 is 14.5 Å². The fourth-order valence-corrected chi connectivity index (χ4v) is 2.92. The summed E-state index contributed by atoms with van der Waals surface area (Å²) in [6.07, 6.45) is 1.51. The van der Waals surface area contributed by atoms with Crippen LogP contribution in [-0.4, -0.2) is 23.6 Å². The smallest absolute Gasteiger partial charge is 0.269 e. The Labute approximate surface area is 192 Å². The van der Waals surface area contributed by atoms with E-state index in [0.29, 0.717) is 11.3 Å². The number of non-ortho nitro benzene ring substituents is 1. The number of nitrogens with zero attached hydrogens (tertiary/aromatic N) is 2. The predicted molar refractivity (Wildman–Crippen MR) is 127 cm³/mol. The molecule has 3 aromatic rings. The van der Waals surface area contributed by atoms with Crippen molar-refractivity contribution in [3.63, 3.8) is 0 Å². The summed E-state index contributed by atoms with van der Waals surface area (Å²) >= 11 is 2.22. The second-order valence-electron chi connectivity index (χ2n) is 6.40. The molecule has 0 heterocycles. The lowest BCUT2D eigenvalue weighted by Gasteiger charge is -2.09. The van der Waals surface area contributed by atoms with Crippen molar-refractivity contribution in [2.45, 2.75) is 6.61 Å². The lowest BCUT2D eigenvalue weighted by Crippen LogP contribution is -2.25. The SMILES string of the molecule is O=C(CNc1ccc(I)cc1)N/N=C\c1ccccc1OCc1ccc([N+](=O)[O-])cc1. The highest BCUT2D eigenvalue weighted by atomic mass is 127. The van der Waals surface area contributed by atoms with Gasteiger partial charge in [-0.3, -0.25) is 14.9 Å². The van der Waals surface area contributed by atoms with E-state index in [-0.39, 0.29) is 24.7 Å². The molecule has 3 aromatic carbocycles. The minimum Gasteiger partial charge on any atom is -0.488 e. The van der Waals surface area contributed by atoms with Gasteiger partial charge >= 0.3 is 0 Å². The zero-order valence-electron chi connectivity index (χ0n) is 16.3. The number of halogens is 1. The van der Waals surface area contributed by atoms with Gasteiger partial charge in [-0.05, 0) is 76.7 Å². The van der Waals surface area contributed by atoms with Gasteiger partial charge in [0.2, 0.25) is 0 Å². The van der Waals surface area contributed by atoms with E-state index in [1.165, 1.54) is 18.3 Å². The Balaban J connectivity index is 1.52. The Morgan fingerprint density at radius 2 is 1.77 bits per heavy atom. The molecule has 0 aliphatic heterocycles. The minimum atomic E-state index is -0.444. The molecule has 0 aliphatic carbocycles. The molecular formula is C22H19IN4O4. The van der Waals surface area contributed by atoms with Crippen LogP contribution in [0.2, 0.25) is 0 Å². The van der Waals surface area contributed by atoms with E-state index >= 15 is 0 Å². The summed E-state index contributed by atoms with van der Waals surface area (Å²) in [5.41, 5.74) is 4.85. The third-order valence-corrected chi connectivity index (χ3v) is 4.87. The maximum Gasteiger partial charge on any atom is 0.269 e. The molecule has 8 nitrogen and oxygen atoms in total. The third kappa shape index (κ3) is 7.07. The van der Waals surface area contributed by atoms with Crippen molar-refractivity contribution in [2.75, 3.05) is 11.9 Å². The van der Waals surface area contributed by atoms with Gasteiger partial charge in [-0.15, -0.1) is 0 Å². The molecule has 9 heteroatoms. The number of para-hydroxylation sites is 1. The van der Waals surface area contributed by atoms with Crippen molar-refractivity contribution in [1.29, 1.82) is 0 Å². The van der Waals surface area contributed by atoms with E-state index in [2.05, 4.69) is 38.4 Å². The largest absolute Gasteiger partial charge is 0.488 e. The standard InChI is InChI=1S/C22H19IN4O4/c23-18-7-9-19(10-8-18)24-14-22(28)26-25-13-17-3-1-2-4-21(17)31-15-16-5-11-20(12-6-16)27(29)30/h1-13,24H,14-15H2,(H,26,28)/b25-13-. The average molecular weight is 530 g/mol. The normalized spacial score (nSPS) is 10.6. The van der Waals surface area contributed by atoms with Crippen LogP contribution in [0.15, 0.2) is 77.9 Å². The summed E-state index contributed by atoms with van der Waals surface area (Å²) in [6.45, 7) is 0.339. The molecular weight excluding hydrogens is 511 g/mol. The molecule has 0 unspecified atom stereocenters. The van der Waals surface area contributed by atoms with Gasteiger partial charge in [0.05, 0.1) is 17.7 Å². The van der Waals surface area contributed by atoms with Crippen LogP contribution in [0, 0.1) is 13.7 Å². The molecule has 0 aliphatic rings. The molecule has 31 heavy (non-hydrogen) atoms. The van der Waals surface area contributed by atoms with Gasteiger partial charge in [0.15, 0.2) is 0 Å². The number of rotatable bonds is 9. The molecule has 3 rings (SSSR count). The van der Waals surface area contributed by atoms with Gasteiger partial charge in [0, 0.05) is 27.0 Å². The molecule has 0 bridgehead atoms. The van der Waals surface area contributed by atoms with Crippen LogP contribution in [0.5, 0.6) is 5.75 Å². The molecule has 0 saturated heterocycles. The summed E-state index contributed by atoms with van der Waals surface area (Å²) in [4.78, 5) is 22.3. The Kier molecular flexibility index (Phi) is 7.93. The Morgan fingerprint density at radius 3 is 2.48 bits per heavy atom. The number of carbonyl (C=O) groups is 1. The van der Waals surface area contributed by atoms with Crippen LogP contribution in [-0.2, 0) is 11.4 Å². The maximum atomic E-state index is 12.0. The molecule has 0 fully saturated rings. The van der Waals surface area contributed by atoms with Crippen molar-refractivity contribution in [1.82, 2.24) is 5.43 Å². The van der Waals surface area contributed by atoms with Crippen molar-refractivity contribution in [3.05, 3.63) is 97.6 Å². The number of carbonyl (C=O) groups excluding carboxylic acids is 1. The number of hydrogen-bond acceptors (Lipinski definition) is 6. The first-order valence-corrected chi connectivity index (χ1v) is 10.4. The average Bonchev–Trinajstić information content (AvgIpc) is 2.78. The van der Waals surface area contributed by atoms with E-state index in [0.717, 1.165) is 14.8 Å². The predicted octanol–water partition coefficient (Wildman–Crippen LogP) is 4.34. The topological polar surface area (TPSA) is 106 Å². The Hall–Kier alpha value is -3.47. The monoisotopic (exact) mass is 530 g/mol. The number of nitro benzene ring substituents is 1. The fourth-order valence-electron chi connectivity index (χ4n) is 2.56. The molecule has 0 saturated carbocycles. The molecule has 158 valence electrons. The number of anilines is 1. The summed E-state index contributed by atoms with van der Waals surface area (Å²) < 4.78 is 6.93. The van der Waals surface area contributed by atoms with E-state index in [9.17, 15) is 14.9 Å². The van der Waals surface area contributed by atoms with Gasteiger partial charge in [0.25, 0.3) is 11.6 Å². The first-order chi connectivity index (χ1) is 15.0. The number of hydrogen-bond donors (Lipinski definition) is 2. The number of ether oxygens (including phenoxy) is 1. The first kappa shape index (κ1) is 22.2. The van der Waals surface area contributed by atoms with Gasteiger partial charge < -0.3 is 10.1 Å². The summed E-state index contributed by atoms with van der Waals surface area (Å²) in [5.74, 6) is 0.301. The summed E-state index contributed by atoms with van der Waals surface area (Å²) in [5, 5.41) is 17.8. The minimum absolute atomic E-state index is 0.0310. The Bertz CT molecular complexity index is 1070. The second kappa shape index (κ2) is 11.1. The molecule has 0 radical (unpaired) electrons. The second-order valence-corrected chi connectivity index (χ2v) is 7.65. The van der Waals surface area contributed by atoms with Gasteiger partial charge in [-0.25, -0.2) is 5.43 Å². The van der Waals surface area contributed by atoms with Crippen LogP contribution in [0.25, 0.3) is 0 Å². The quantitative estimate of drug-likeness (QED) is 0.185. The molecule has 1 amide bonds. The van der Waals surface area contributed by atoms with Crippen LogP contribution < -0.4 is 15.5 Å². The molecule has 0 atom stereocenters. The molecule has 2 N–H and O–H groups in total. The number of benzene rings is 3. The van der Waals surface area contributed by atoms with Gasteiger partial charge in [-0.1, -0.05) is 12.1 Å². The van der Waals surface area contributed by atoms with E-state index < -0.39 is 4.92 Å². The van der Waals surface area contributed by atoms with Crippen molar-refractivity contribution >= 4 is 46.1 Å². The van der Waals surface area contributed by atoms with Crippen LogP contribution in [0.4, 0.5) is 11.4 Å². The highest BCUT2D eigenvalue weighted by Gasteiger charge is 2.06. The zero-order valence-corrected chi connectivity index (χ0v) is 18.5. The van der Waals surface area contributed by atoms with E-state index in [1.54, 1.807) is 18.2 Å². The van der Waals surface area contributed by atoms with Crippen LogP contribution in [0.1, 0.15) is 11.1 Å². The summed E-state index contributed by atoms with van der Waals surface area (Å²) in [6, 6.07) is 21.1. The number of amides is 1. The highest BCUT2D eigenvalue weighted by Crippen LogP contribution is 2.19. The summed E-state index contributed by atoms with van der Waals surface area (Å²) in [7, 11) is 0.